The first-order chi connectivity index (χ1) is 8.92. The Morgan fingerprint density at radius 2 is 1.74 bits per heavy atom. The third-order valence-electron chi connectivity index (χ3n) is 2.76. The Balaban J connectivity index is 2.48. The van der Waals surface area contributed by atoms with E-state index in [1.54, 1.807) is 0 Å². The van der Waals surface area contributed by atoms with Gasteiger partial charge in [-0.3, -0.25) is 24.7 Å². The summed E-state index contributed by atoms with van der Waals surface area (Å²) in [6, 6.07) is 0. The van der Waals surface area contributed by atoms with Crippen molar-refractivity contribution in [3.05, 3.63) is 0 Å². The van der Waals surface area contributed by atoms with Gasteiger partial charge in [0.1, 0.15) is 6.10 Å². The fourth-order valence-electron chi connectivity index (χ4n) is 2.04. The van der Waals surface area contributed by atoms with Crippen LogP contribution in [0.15, 0.2) is 0 Å². The van der Waals surface area contributed by atoms with Crippen LogP contribution in [0.2, 0.25) is 0 Å². The van der Waals surface area contributed by atoms with Crippen molar-refractivity contribution >= 4 is 17.7 Å². The predicted octanol–water partition coefficient (Wildman–Crippen LogP) is -3.20. The molecule has 2 unspecified atom stereocenters. The number of nitrogens with zero attached hydrogens (tertiary/aromatic N) is 1. The molecule has 0 spiro atoms. The molecule has 1 rings (SSSR count). The molecule has 0 aromatic carbocycles. The Morgan fingerprint density at radius 3 is 2.21 bits per heavy atom. The summed E-state index contributed by atoms with van der Waals surface area (Å²) in [5.41, 5.74) is 12.2. The highest BCUT2D eigenvalue weighted by atomic mass is 16.5. The molecule has 1 aliphatic heterocycles. The van der Waals surface area contributed by atoms with Crippen molar-refractivity contribution in [3.8, 4) is 0 Å². The standard InChI is InChI=1S/C10H19N5O4/c11-8(16)4-15(5-9(12)17)3-6-1-2-7(19-6)10(18)14-13/h6-7H,1-5,13H2,(H2,11,16)(H2,12,17)(H,14,18). The molecule has 0 saturated carbocycles. The van der Waals surface area contributed by atoms with Crippen molar-refractivity contribution in [2.45, 2.75) is 25.0 Å². The molecule has 0 aromatic heterocycles. The van der Waals surface area contributed by atoms with E-state index >= 15 is 0 Å². The molecule has 3 amide bonds. The van der Waals surface area contributed by atoms with Crippen LogP contribution in [0.5, 0.6) is 0 Å². The van der Waals surface area contributed by atoms with Gasteiger partial charge in [-0.1, -0.05) is 0 Å². The Morgan fingerprint density at radius 1 is 1.16 bits per heavy atom. The van der Waals surface area contributed by atoms with Gasteiger partial charge in [0.05, 0.1) is 19.2 Å². The zero-order valence-corrected chi connectivity index (χ0v) is 10.5. The van der Waals surface area contributed by atoms with Gasteiger partial charge < -0.3 is 16.2 Å². The van der Waals surface area contributed by atoms with Crippen LogP contribution in [-0.4, -0.2) is 54.5 Å². The van der Waals surface area contributed by atoms with E-state index in [1.807, 2.05) is 5.43 Å². The molecule has 1 saturated heterocycles. The Hall–Kier alpha value is -1.71. The number of nitrogens with one attached hydrogen (secondary N) is 1. The molecule has 0 aromatic rings. The molecular formula is C10H19N5O4. The summed E-state index contributed by atoms with van der Waals surface area (Å²) in [5, 5.41) is 0. The molecule has 108 valence electrons. The van der Waals surface area contributed by atoms with E-state index in [0.29, 0.717) is 19.4 Å². The summed E-state index contributed by atoms with van der Waals surface area (Å²) in [7, 11) is 0. The molecule has 9 nitrogen and oxygen atoms in total. The molecule has 0 aliphatic carbocycles. The normalized spacial score (nSPS) is 22.4. The van der Waals surface area contributed by atoms with Gasteiger partial charge in [0.15, 0.2) is 0 Å². The van der Waals surface area contributed by atoms with Crippen LogP contribution in [0.1, 0.15) is 12.8 Å². The Kier molecular flexibility index (Phi) is 5.67. The second-order valence-electron chi connectivity index (χ2n) is 4.43. The van der Waals surface area contributed by atoms with Crippen molar-refractivity contribution in [3.63, 3.8) is 0 Å². The highest BCUT2D eigenvalue weighted by Crippen LogP contribution is 2.20. The number of amides is 3. The highest BCUT2D eigenvalue weighted by molar-refractivity contribution is 5.80. The molecule has 0 bridgehead atoms. The molecule has 1 heterocycles. The maximum absolute atomic E-state index is 11.3. The van der Waals surface area contributed by atoms with Gasteiger partial charge in [-0.15, -0.1) is 0 Å². The van der Waals surface area contributed by atoms with Crippen LogP contribution in [0.4, 0.5) is 0 Å². The van der Waals surface area contributed by atoms with Gasteiger partial charge in [-0.2, -0.15) is 0 Å². The van der Waals surface area contributed by atoms with Crippen LogP contribution >= 0.6 is 0 Å². The van der Waals surface area contributed by atoms with E-state index in [2.05, 4.69) is 0 Å². The third-order valence-corrected chi connectivity index (χ3v) is 2.76. The lowest BCUT2D eigenvalue weighted by Gasteiger charge is -2.22. The van der Waals surface area contributed by atoms with Gasteiger partial charge in [-0.25, -0.2) is 5.84 Å². The van der Waals surface area contributed by atoms with Crippen LogP contribution in [0.25, 0.3) is 0 Å². The van der Waals surface area contributed by atoms with E-state index in [9.17, 15) is 14.4 Å². The molecule has 7 N–H and O–H groups in total. The van der Waals surface area contributed by atoms with Gasteiger partial charge in [-0.05, 0) is 12.8 Å². The number of carbonyl (C=O) groups excluding carboxylic acids is 3. The number of primary amides is 2. The zero-order chi connectivity index (χ0) is 14.4. The topological polar surface area (TPSA) is 154 Å². The molecule has 0 radical (unpaired) electrons. The number of carbonyl (C=O) groups is 3. The smallest absolute Gasteiger partial charge is 0.263 e. The number of ether oxygens (including phenoxy) is 1. The van der Waals surface area contributed by atoms with Gasteiger partial charge in [0.2, 0.25) is 11.8 Å². The van der Waals surface area contributed by atoms with E-state index in [-0.39, 0.29) is 25.1 Å². The van der Waals surface area contributed by atoms with Crippen LogP contribution in [0, 0.1) is 0 Å². The minimum Gasteiger partial charge on any atom is -0.369 e. The van der Waals surface area contributed by atoms with Crippen molar-refractivity contribution in [2.24, 2.45) is 17.3 Å². The van der Waals surface area contributed by atoms with Gasteiger partial charge in [0, 0.05) is 6.54 Å². The number of hydrogen-bond acceptors (Lipinski definition) is 6. The van der Waals surface area contributed by atoms with Crippen molar-refractivity contribution < 1.29 is 19.1 Å². The number of rotatable bonds is 7. The molecule has 19 heavy (non-hydrogen) atoms. The van der Waals surface area contributed by atoms with Gasteiger partial charge in [0.25, 0.3) is 5.91 Å². The average molecular weight is 273 g/mol. The molecular weight excluding hydrogens is 254 g/mol. The SMILES string of the molecule is NNC(=O)C1CCC(CN(CC(N)=O)CC(N)=O)O1. The second kappa shape index (κ2) is 7.02. The lowest BCUT2D eigenvalue weighted by molar-refractivity contribution is -0.133. The minimum atomic E-state index is -0.598. The van der Waals surface area contributed by atoms with E-state index in [1.165, 1.54) is 4.90 Å². The maximum atomic E-state index is 11.3. The summed E-state index contributed by atoms with van der Waals surface area (Å²) in [6.45, 7) is 0.132. The quantitative estimate of drug-likeness (QED) is 0.217. The first kappa shape index (κ1) is 15.3. The van der Waals surface area contributed by atoms with Crippen LogP contribution in [0.3, 0.4) is 0 Å². The Bertz CT molecular complexity index is 346. The second-order valence-corrected chi connectivity index (χ2v) is 4.43. The number of hydrazine groups is 1. The van der Waals surface area contributed by atoms with Crippen LogP contribution in [-0.2, 0) is 19.1 Å². The van der Waals surface area contributed by atoms with E-state index < -0.39 is 17.9 Å². The summed E-state index contributed by atoms with van der Waals surface area (Å²) in [6.07, 6.45) is 0.306. The summed E-state index contributed by atoms with van der Waals surface area (Å²) < 4.78 is 5.47. The number of hydrogen-bond donors (Lipinski definition) is 4. The van der Waals surface area contributed by atoms with Crippen LogP contribution < -0.4 is 22.7 Å². The van der Waals surface area contributed by atoms with Crippen molar-refractivity contribution in [1.29, 1.82) is 0 Å². The zero-order valence-electron chi connectivity index (χ0n) is 10.5. The third kappa shape index (κ3) is 5.20. The fraction of sp³-hybridized carbons (Fsp3) is 0.700. The molecule has 2 atom stereocenters. The first-order valence-electron chi connectivity index (χ1n) is 5.87. The largest absolute Gasteiger partial charge is 0.369 e. The number of nitrogens with two attached hydrogens (primary N) is 3. The van der Waals surface area contributed by atoms with Gasteiger partial charge >= 0.3 is 0 Å². The fourth-order valence-corrected chi connectivity index (χ4v) is 2.04. The monoisotopic (exact) mass is 273 g/mol. The molecule has 9 heteroatoms. The summed E-state index contributed by atoms with van der Waals surface area (Å²) >= 11 is 0. The summed E-state index contributed by atoms with van der Waals surface area (Å²) in [5.74, 6) is 3.51. The molecule has 1 aliphatic rings. The molecule has 1 fully saturated rings. The van der Waals surface area contributed by atoms with Crippen molar-refractivity contribution in [2.75, 3.05) is 19.6 Å². The summed E-state index contributed by atoms with van der Waals surface area (Å²) in [4.78, 5) is 34.6. The van der Waals surface area contributed by atoms with E-state index in [4.69, 9.17) is 22.0 Å². The lowest BCUT2D eigenvalue weighted by Crippen LogP contribution is -2.44. The Labute approximate surface area is 110 Å². The average Bonchev–Trinajstić information content (AvgIpc) is 2.74. The lowest BCUT2D eigenvalue weighted by atomic mass is 10.2. The van der Waals surface area contributed by atoms with E-state index in [0.717, 1.165) is 0 Å². The van der Waals surface area contributed by atoms with Crippen molar-refractivity contribution in [1.82, 2.24) is 10.3 Å². The predicted molar refractivity (Wildman–Crippen MR) is 65.1 cm³/mol. The highest BCUT2D eigenvalue weighted by Gasteiger charge is 2.31. The minimum absolute atomic E-state index is 0.0868. The first-order valence-corrected chi connectivity index (χ1v) is 5.87. The maximum Gasteiger partial charge on any atom is 0.263 e.